The Morgan fingerprint density at radius 3 is 2.45 bits per heavy atom. The van der Waals surface area contributed by atoms with E-state index < -0.39 is 47.8 Å². The fourth-order valence-corrected chi connectivity index (χ4v) is 10.2. The topological polar surface area (TPSA) is 137 Å². The van der Waals surface area contributed by atoms with Crippen molar-refractivity contribution in [1.82, 2.24) is 0 Å². The summed E-state index contributed by atoms with van der Waals surface area (Å²) in [4.78, 5) is 12.0. The van der Waals surface area contributed by atoms with Gasteiger partial charge in [-0.15, -0.1) is 0 Å². The molecule has 0 aromatic rings. The SMILES string of the molecule is C[C@@H]1O[C@@H](O[C@H]2CC[C@@]3(C)[C@H](CC[C@@H]4[C@@H]3[C@H](O)C[C@]3(C)[C@@H](C5=CC(=O)CC5)CC[C@]43O)C2)[C@H](O)[C@H](O)[C@H]1O. The lowest BCUT2D eigenvalue weighted by Crippen LogP contribution is -2.66. The van der Waals surface area contributed by atoms with Crippen LogP contribution in [-0.2, 0) is 14.3 Å². The van der Waals surface area contributed by atoms with Crippen LogP contribution >= 0.6 is 0 Å². The van der Waals surface area contributed by atoms with Crippen LogP contribution in [0.4, 0.5) is 0 Å². The molecule has 1 aliphatic heterocycles. The maximum Gasteiger partial charge on any atom is 0.186 e. The normalized spacial score (nSPS) is 56.7. The summed E-state index contributed by atoms with van der Waals surface area (Å²) in [6.45, 7) is 6.11. The second-order valence-electron chi connectivity index (χ2n) is 14.0. The molecule has 1 heterocycles. The van der Waals surface area contributed by atoms with Gasteiger partial charge in [-0.25, -0.2) is 0 Å². The highest BCUT2D eigenvalue weighted by Gasteiger charge is 2.70. The highest BCUT2D eigenvalue weighted by molar-refractivity contribution is 5.93. The monoisotopic (exact) mass is 534 g/mol. The van der Waals surface area contributed by atoms with Gasteiger partial charge in [0.15, 0.2) is 12.1 Å². The van der Waals surface area contributed by atoms with E-state index in [0.717, 1.165) is 51.4 Å². The third kappa shape index (κ3) is 3.85. The van der Waals surface area contributed by atoms with Gasteiger partial charge in [0.2, 0.25) is 0 Å². The lowest BCUT2D eigenvalue weighted by Gasteiger charge is -2.65. The molecule has 0 aromatic carbocycles. The summed E-state index contributed by atoms with van der Waals surface area (Å²) in [5, 5.41) is 54.8. The van der Waals surface area contributed by atoms with Gasteiger partial charge >= 0.3 is 0 Å². The minimum Gasteiger partial charge on any atom is -0.393 e. The number of hydrogen-bond acceptors (Lipinski definition) is 8. The van der Waals surface area contributed by atoms with Crippen LogP contribution in [0.5, 0.6) is 0 Å². The number of ether oxygens (including phenoxy) is 2. The summed E-state index contributed by atoms with van der Waals surface area (Å²) < 4.78 is 11.9. The summed E-state index contributed by atoms with van der Waals surface area (Å²) >= 11 is 0. The number of rotatable bonds is 3. The van der Waals surface area contributed by atoms with E-state index in [1.54, 1.807) is 6.92 Å². The molecule has 4 saturated carbocycles. The van der Waals surface area contributed by atoms with E-state index in [1.807, 2.05) is 6.08 Å². The molecule has 5 fully saturated rings. The number of carbonyl (C=O) groups excluding carboxylic acids is 1. The lowest BCUT2D eigenvalue weighted by molar-refractivity contribution is -0.311. The Bertz CT molecular complexity index is 983. The molecule has 6 rings (SSSR count). The van der Waals surface area contributed by atoms with E-state index in [4.69, 9.17) is 9.47 Å². The third-order valence-corrected chi connectivity index (χ3v) is 12.3. The number of carbonyl (C=O) groups is 1. The molecule has 0 radical (unpaired) electrons. The molecule has 8 nitrogen and oxygen atoms in total. The zero-order chi connectivity index (χ0) is 27.2. The maximum atomic E-state index is 12.4. The number of aliphatic hydroxyl groups excluding tert-OH is 4. The third-order valence-electron chi connectivity index (χ3n) is 12.3. The predicted octanol–water partition coefficient (Wildman–Crippen LogP) is 2.23. The van der Waals surface area contributed by atoms with E-state index >= 15 is 0 Å². The predicted molar refractivity (Wildman–Crippen MR) is 138 cm³/mol. The highest BCUT2D eigenvalue weighted by Crippen LogP contribution is 2.70. The van der Waals surface area contributed by atoms with Crippen molar-refractivity contribution in [2.45, 2.75) is 133 Å². The van der Waals surface area contributed by atoms with E-state index in [1.165, 1.54) is 5.57 Å². The molecule has 14 atom stereocenters. The number of fused-ring (bicyclic) bond motifs is 5. The van der Waals surface area contributed by atoms with E-state index in [-0.39, 0.29) is 35.1 Å². The maximum absolute atomic E-state index is 12.4. The van der Waals surface area contributed by atoms with Crippen LogP contribution in [0.1, 0.15) is 85.0 Å². The van der Waals surface area contributed by atoms with Gasteiger partial charge in [-0.2, -0.15) is 0 Å². The van der Waals surface area contributed by atoms with Gasteiger partial charge in [-0.1, -0.05) is 19.4 Å². The molecule has 0 spiro atoms. The van der Waals surface area contributed by atoms with Crippen molar-refractivity contribution in [2.75, 3.05) is 0 Å². The first-order chi connectivity index (χ1) is 17.9. The minimum atomic E-state index is -1.31. The smallest absolute Gasteiger partial charge is 0.186 e. The molecule has 0 aromatic heterocycles. The Kier molecular flexibility index (Phi) is 6.70. The van der Waals surface area contributed by atoms with Gasteiger partial charge in [-0.3, -0.25) is 4.79 Å². The van der Waals surface area contributed by atoms with Crippen LogP contribution in [0.3, 0.4) is 0 Å². The summed E-state index contributed by atoms with van der Waals surface area (Å²) in [5.74, 6) is 0.686. The first-order valence-corrected chi connectivity index (χ1v) is 14.9. The van der Waals surface area contributed by atoms with Gasteiger partial charge in [0, 0.05) is 11.8 Å². The first kappa shape index (κ1) is 27.3. The van der Waals surface area contributed by atoms with Crippen molar-refractivity contribution in [3.8, 4) is 0 Å². The quantitative estimate of drug-likeness (QED) is 0.348. The van der Waals surface area contributed by atoms with Gasteiger partial charge in [0.1, 0.15) is 18.3 Å². The fourth-order valence-electron chi connectivity index (χ4n) is 10.2. The number of hydrogen-bond donors (Lipinski definition) is 5. The molecule has 38 heavy (non-hydrogen) atoms. The first-order valence-electron chi connectivity index (χ1n) is 14.9. The van der Waals surface area contributed by atoms with E-state index in [0.29, 0.717) is 18.8 Å². The Balaban J connectivity index is 1.19. The second kappa shape index (κ2) is 9.33. The largest absolute Gasteiger partial charge is 0.393 e. The van der Waals surface area contributed by atoms with Crippen molar-refractivity contribution in [3.05, 3.63) is 11.6 Å². The van der Waals surface area contributed by atoms with Gasteiger partial charge < -0.3 is 35.0 Å². The van der Waals surface area contributed by atoms with E-state index in [2.05, 4.69) is 13.8 Å². The summed E-state index contributed by atoms with van der Waals surface area (Å²) in [5.41, 5.74) is -0.225. The lowest BCUT2D eigenvalue weighted by atomic mass is 9.42. The van der Waals surface area contributed by atoms with Crippen LogP contribution in [0.2, 0.25) is 0 Å². The van der Waals surface area contributed by atoms with Crippen molar-refractivity contribution in [3.63, 3.8) is 0 Å². The zero-order valence-electron chi connectivity index (χ0n) is 23.0. The average Bonchev–Trinajstić information content (AvgIpc) is 3.41. The van der Waals surface area contributed by atoms with Crippen LogP contribution in [0.25, 0.3) is 0 Å². The number of ketones is 1. The molecular formula is C30H46O8. The minimum absolute atomic E-state index is 0.00623. The van der Waals surface area contributed by atoms with E-state index in [9.17, 15) is 30.3 Å². The standard InChI is InChI=1S/C30H46O8/c1-15-24(33)25(34)26(35)27(37-15)38-19-8-10-28(2)17(13-19)5-7-21-23(28)22(32)14-29(3)20(9-11-30(21,29)36)16-4-6-18(31)12-16/h12,15,17,19-27,32-36H,4-11,13-14H2,1-3H3/t15-,17+,19-,20+,21+,22+,23+,24-,25+,26+,27-,28-,29+,30-/m0/s1. The Morgan fingerprint density at radius 1 is 0.974 bits per heavy atom. The van der Waals surface area contributed by atoms with Gasteiger partial charge in [0.25, 0.3) is 0 Å². The Labute approximate surface area is 225 Å². The van der Waals surface area contributed by atoms with Crippen molar-refractivity contribution in [1.29, 1.82) is 0 Å². The van der Waals surface area contributed by atoms with Crippen LogP contribution in [0.15, 0.2) is 11.6 Å². The molecule has 214 valence electrons. The molecule has 0 unspecified atom stereocenters. The van der Waals surface area contributed by atoms with Crippen molar-refractivity contribution in [2.24, 2.45) is 34.5 Å². The highest BCUT2D eigenvalue weighted by atomic mass is 16.7. The molecule has 0 amide bonds. The molecular weight excluding hydrogens is 488 g/mol. The summed E-state index contributed by atoms with van der Waals surface area (Å²) in [6, 6.07) is 0. The van der Waals surface area contributed by atoms with Gasteiger partial charge in [-0.05, 0) is 99.9 Å². The molecule has 0 bridgehead atoms. The average molecular weight is 535 g/mol. The number of aliphatic hydroxyl groups is 5. The second-order valence-corrected chi connectivity index (χ2v) is 14.0. The zero-order valence-corrected chi connectivity index (χ0v) is 23.0. The Morgan fingerprint density at radius 2 is 1.74 bits per heavy atom. The Hall–Kier alpha value is -0.870. The summed E-state index contributed by atoms with van der Waals surface area (Å²) in [7, 11) is 0. The molecule has 5 aliphatic carbocycles. The molecule has 6 aliphatic rings. The van der Waals surface area contributed by atoms with Crippen molar-refractivity contribution >= 4 is 5.78 Å². The van der Waals surface area contributed by atoms with Crippen LogP contribution in [-0.4, -0.2) is 79.8 Å². The van der Waals surface area contributed by atoms with Crippen molar-refractivity contribution < 1.29 is 39.8 Å². The fraction of sp³-hybridized carbons (Fsp3) is 0.900. The number of allylic oxidation sites excluding steroid dienone is 2. The summed E-state index contributed by atoms with van der Waals surface area (Å²) in [6.07, 6.45) is 3.46. The molecule has 5 N–H and O–H groups in total. The van der Waals surface area contributed by atoms with Gasteiger partial charge in [0.05, 0.1) is 23.9 Å². The van der Waals surface area contributed by atoms with Crippen LogP contribution in [0, 0.1) is 34.5 Å². The molecule has 8 heteroatoms. The molecule has 1 saturated heterocycles. The van der Waals surface area contributed by atoms with Crippen LogP contribution < -0.4 is 0 Å².